The Hall–Kier alpha value is -3.46. The van der Waals surface area contributed by atoms with Gasteiger partial charge in [-0.2, -0.15) is 9.65 Å². The maximum absolute atomic E-state index is 14.2. The van der Waals surface area contributed by atoms with Crippen LogP contribution in [0.25, 0.3) is 22.5 Å². The number of hydrogen-bond donors (Lipinski definition) is 0. The van der Waals surface area contributed by atoms with Gasteiger partial charge in [-0.1, -0.05) is 12.1 Å². The van der Waals surface area contributed by atoms with Crippen molar-refractivity contribution in [3.63, 3.8) is 0 Å². The Balaban J connectivity index is 2.10. The zero-order chi connectivity index (χ0) is 16.7. The zero-order valence-corrected chi connectivity index (χ0v) is 12.2. The van der Waals surface area contributed by atoms with Gasteiger partial charge in [0.05, 0.1) is 17.0 Å². The summed E-state index contributed by atoms with van der Waals surface area (Å²) in [5, 5.41) is 9.65. The molecule has 1 aliphatic carbocycles. The van der Waals surface area contributed by atoms with Crippen molar-refractivity contribution in [1.29, 1.82) is 5.26 Å². The number of nitriles is 1. The summed E-state index contributed by atoms with van der Waals surface area (Å²) in [5.41, 5.74) is 3.17. The van der Waals surface area contributed by atoms with E-state index in [0.717, 1.165) is 6.20 Å². The maximum Gasteiger partial charge on any atom is 0.215 e. The fourth-order valence-corrected chi connectivity index (χ4v) is 2.85. The summed E-state index contributed by atoms with van der Waals surface area (Å²) in [6.07, 6.45) is 4.29. The van der Waals surface area contributed by atoms with Crippen molar-refractivity contribution in [2.45, 2.75) is 0 Å². The number of pyridine rings is 3. The Morgan fingerprint density at radius 3 is 2.12 bits per heavy atom. The Labute approximate surface area is 135 Å². The molecule has 0 unspecified atom stereocenters. The Morgan fingerprint density at radius 2 is 1.58 bits per heavy atom. The molecule has 114 valence electrons. The molecule has 0 bridgehead atoms. The number of allylic oxidation sites excluding steroid dienone is 1. The second kappa shape index (κ2) is 5.32. The highest BCUT2D eigenvalue weighted by Crippen LogP contribution is 2.45. The third kappa shape index (κ3) is 1.99. The summed E-state index contributed by atoms with van der Waals surface area (Å²) in [6, 6.07) is 9.75. The van der Waals surface area contributed by atoms with Gasteiger partial charge in [0.15, 0.2) is 0 Å². The van der Waals surface area contributed by atoms with Crippen LogP contribution in [0.1, 0.15) is 16.7 Å². The van der Waals surface area contributed by atoms with Gasteiger partial charge in [-0.15, -0.1) is 0 Å². The van der Waals surface area contributed by atoms with Crippen LogP contribution >= 0.6 is 0 Å². The summed E-state index contributed by atoms with van der Waals surface area (Å²) in [7, 11) is 0. The van der Waals surface area contributed by atoms with Gasteiger partial charge in [0.2, 0.25) is 5.95 Å². The van der Waals surface area contributed by atoms with E-state index in [1.54, 1.807) is 36.7 Å². The van der Waals surface area contributed by atoms with Gasteiger partial charge < -0.3 is 0 Å². The van der Waals surface area contributed by atoms with Gasteiger partial charge in [-0.25, -0.2) is 9.37 Å². The molecule has 1 aliphatic rings. The normalized spacial score (nSPS) is 11.6. The van der Waals surface area contributed by atoms with Crippen molar-refractivity contribution < 1.29 is 8.78 Å². The molecule has 0 radical (unpaired) electrons. The topological polar surface area (TPSA) is 62.5 Å². The molecule has 3 aromatic heterocycles. The molecule has 0 amide bonds. The van der Waals surface area contributed by atoms with Crippen LogP contribution in [-0.2, 0) is 0 Å². The van der Waals surface area contributed by atoms with Crippen molar-refractivity contribution in [2.75, 3.05) is 0 Å². The second-order valence-electron chi connectivity index (χ2n) is 5.15. The number of hydrogen-bond acceptors (Lipinski definition) is 4. The standard InChI is InChI=1S/C18H8F2N4/c19-14-7-15(20)24-9-13(14)12(8-21)16-10-3-1-5-22-17(10)18-11(16)4-2-6-23-18/h1-7,9H. The fourth-order valence-electron chi connectivity index (χ4n) is 2.85. The number of nitrogens with zero attached hydrogens (tertiary/aromatic N) is 4. The summed E-state index contributed by atoms with van der Waals surface area (Å²) in [6.45, 7) is 0. The first kappa shape index (κ1) is 14.2. The van der Waals surface area contributed by atoms with E-state index in [4.69, 9.17) is 0 Å². The lowest BCUT2D eigenvalue weighted by Gasteiger charge is -2.07. The van der Waals surface area contributed by atoms with Gasteiger partial charge in [0.25, 0.3) is 0 Å². The monoisotopic (exact) mass is 318 g/mol. The largest absolute Gasteiger partial charge is 0.254 e. The lowest BCUT2D eigenvalue weighted by molar-refractivity contribution is 0.550. The molecule has 6 heteroatoms. The first-order valence-electron chi connectivity index (χ1n) is 7.07. The van der Waals surface area contributed by atoms with E-state index in [1.165, 1.54) is 0 Å². The predicted octanol–water partition coefficient (Wildman–Crippen LogP) is 3.61. The first-order chi connectivity index (χ1) is 11.7. The smallest absolute Gasteiger partial charge is 0.215 e. The van der Waals surface area contributed by atoms with E-state index in [9.17, 15) is 14.0 Å². The SMILES string of the molecule is N#CC(=C1c2cccnc2-c2ncccc21)c1cnc(F)cc1F. The van der Waals surface area contributed by atoms with E-state index in [-0.39, 0.29) is 11.1 Å². The molecule has 0 fully saturated rings. The van der Waals surface area contributed by atoms with Crippen LogP contribution < -0.4 is 0 Å². The Morgan fingerprint density at radius 1 is 0.958 bits per heavy atom. The van der Waals surface area contributed by atoms with Crippen LogP contribution in [0.3, 0.4) is 0 Å². The van der Waals surface area contributed by atoms with E-state index in [2.05, 4.69) is 15.0 Å². The van der Waals surface area contributed by atoms with E-state index < -0.39 is 11.8 Å². The molecule has 4 rings (SSSR count). The van der Waals surface area contributed by atoms with Crippen LogP contribution in [0.4, 0.5) is 8.78 Å². The quantitative estimate of drug-likeness (QED) is 0.397. The third-order valence-corrected chi connectivity index (χ3v) is 3.83. The summed E-state index contributed by atoms with van der Waals surface area (Å²) >= 11 is 0. The van der Waals surface area contributed by atoms with Gasteiger partial charge in [-0.3, -0.25) is 9.97 Å². The molecule has 0 aromatic carbocycles. The van der Waals surface area contributed by atoms with Gasteiger partial charge in [0, 0.05) is 46.9 Å². The molecule has 0 saturated heterocycles. The molecular formula is C18H8F2N4. The molecule has 0 N–H and O–H groups in total. The highest BCUT2D eigenvalue weighted by Gasteiger charge is 2.29. The highest BCUT2D eigenvalue weighted by molar-refractivity contribution is 6.11. The zero-order valence-electron chi connectivity index (χ0n) is 12.2. The van der Waals surface area contributed by atoms with Crippen molar-refractivity contribution >= 4 is 11.1 Å². The van der Waals surface area contributed by atoms with Crippen molar-refractivity contribution in [1.82, 2.24) is 15.0 Å². The molecule has 4 nitrogen and oxygen atoms in total. The fraction of sp³-hybridized carbons (Fsp3) is 0. The molecular weight excluding hydrogens is 310 g/mol. The van der Waals surface area contributed by atoms with Crippen molar-refractivity contribution in [2.24, 2.45) is 0 Å². The van der Waals surface area contributed by atoms with Gasteiger partial charge in [0.1, 0.15) is 11.9 Å². The second-order valence-corrected chi connectivity index (χ2v) is 5.15. The molecule has 0 atom stereocenters. The Kier molecular flexibility index (Phi) is 3.14. The minimum absolute atomic E-state index is 0.0552. The number of halogens is 2. The lowest BCUT2D eigenvalue weighted by Crippen LogP contribution is -1.96. The Bertz CT molecular complexity index is 1000. The number of aromatic nitrogens is 3. The van der Waals surface area contributed by atoms with Crippen molar-refractivity contribution in [3.05, 3.63) is 77.4 Å². The molecule has 3 heterocycles. The summed E-state index contributed by atoms with van der Waals surface area (Å²) in [5.74, 6) is -1.77. The van der Waals surface area contributed by atoms with Crippen molar-refractivity contribution in [3.8, 4) is 17.5 Å². The first-order valence-corrected chi connectivity index (χ1v) is 7.07. The molecule has 3 aromatic rings. The van der Waals surface area contributed by atoms with E-state index in [0.29, 0.717) is 34.2 Å². The van der Waals surface area contributed by atoms with E-state index >= 15 is 0 Å². The average Bonchev–Trinajstić information content (AvgIpc) is 2.92. The van der Waals surface area contributed by atoms with Crippen LogP contribution in [0, 0.1) is 23.1 Å². The molecule has 24 heavy (non-hydrogen) atoms. The van der Waals surface area contributed by atoms with Crippen LogP contribution in [0.5, 0.6) is 0 Å². The third-order valence-electron chi connectivity index (χ3n) is 3.83. The van der Waals surface area contributed by atoms with Gasteiger partial charge >= 0.3 is 0 Å². The van der Waals surface area contributed by atoms with Crippen LogP contribution in [0.2, 0.25) is 0 Å². The average molecular weight is 318 g/mol. The minimum atomic E-state index is -0.936. The number of rotatable bonds is 1. The van der Waals surface area contributed by atoms with Gasteiger partial charge in [-0.05, 0) is 12.1 Å². The summed E-state index contributed by atoms with van der Waals surface area (Å²) in [4.78, 5) is 12.1. The predicted molar refractivity (Wildman–Crippen MR) is 83.2 cm³/mol. The van der Waals surface area contributed by atoms with Crippen LogP contribution in [-0.4, -0.2) is 15.0 Å². The lowest BCUT2D eigenvalue weighted by atomic mass is 9.95. The summed E-state index contributed by atoms with van der Waals surface area (Å²) < 4.78 is 27.3. The highest BCUT2D eigenvalue weighted by atomic mass is 19.1. The minimum Gasteiger partial charge on any atom is -0.254 e. The van der Waals surface area contributed by atoms with Crippen LogP contribution in [0.15, 0.2) is 48.9 Å². The maximum atomic E-state index is 14.2. The number of fused-ring (bicyclic) bond motifs is 3. The molecule has 0 aliphatic heterocycles. The molecule has 0 saturated carbocycles. The molecule has 0 spiro atoms. The van der Waals surface area contributed by atoms with E-state index in [1.807, 2.05) is 6.07 Å².